The van der Waals surface area contributed by atoms with E-state index in [9.17, 15) is 18.3 Å². The van der Waals surface area contributed by atoms with E-state index < -0.39 is 23.9 Å². The van der Waals surface area contributed by atoms with Crippen LogP contribution in [0.25, 0.3) is 0 Å². The molecule has 1 aromatic rings. The predicted octanol–water partition coefficient (Wildman–Crippen LogP) is 2.61. The van der Waals surface area contributed by atoms with Crippen LogP contribution in [0.1, 0.15) is 50.2 Å². The third-order valence-electron chi connectivity index (χ3n) is 4.20. The first-order chi connectivity index (χ1) is 11.3. The molecule has 1 N–H and O–H groups in total. The molecule has 2 aliphatic rings. The molecule has 134 valence electrons. The summed E-state index contributed by atoms with van der Waals surface area (Å²) in [5, 5.41) is 9.54. The summed E-state index contributed by atoms with van der Waals surface area (Å²) >= 11 is 0. The topological polar surface area (TPSA) is 73.7 Å². The van der Waals surface area contributed by atoms with Gasteiger partial charge < -0.3 is 19.3 Å². The van der Waals surface area contributed by atoms with Crippen LogP contribution in [0.15, 0.2) is 6.07 Å². The zero-order valence-corrected chi connectivity index (χ0v) is 13.2. The fourth-order valence-corrected chi connectivity index (χ4v) is 2.95. The third-order valence-corrected chi connectivity index (χ3v) is 4.20. The van der Waals surface area contributed by atoms with Crippen LogP contribution in [0.2, 0.25) is 0 Å². The molecule has 3 rings (SSSR count). The van der Waals surface area contributed by atoms with Crippen molar-refractivity contribution in [3.05, 3.63) is 17.6 Å². The van der Waals surface area contributed by atoms with Crippen LogP contribution in [0.5, 0.6) is 5.88 Å². The van der Waals surface area contributed by atoms with Gasteiger partial charge in [0, 0.05) is 18.9 Å². The maximum Gasteiger partial charge on any atom is 0.451 e. The van der Waals surface area contributed by atoms with E-state index in [1.165, 1.54) is 13.0 Å². The fraction of sp³-hybridized carbons (Fsp3) is 0.733. The zero-order chi connectivity index (χ0) is 17.4. The molecular formula is C15H19F3N2O4. The largest absolute Gasteiger partial charge is 0.474 e. The number of aliphatic hydroxyl groups is 1. The highest BCUT2D eigenvalue weighted by Gasteiger charge is 2.41. The molecule has 1 saturated heterocycles. The molecule has 1 spiro atoms. The van der Waals surface area contributed by atoms with Gasteiger partial charge in [-0.05, 0) is 19.8 Å². The van der Waals surface area contributed by atoms with Gasteiger partial charge in [0.15, 0.2) is 5.79 Å². The van der Waals surface area contributed by atoms with Gasteiger partial charge in [0.2, 0.25) is 11.7 Å². The van der Waals surface area contributed by atoms with Gasteiger partial charge in [0.1, 0.15) is 6.10 Å². The van der Waals surface area contributed by atoms with E-state index in [0.29, 0.717) is 38.9 Å². The average molecular weight is 348 g/mol. The van der Waals surface area contributed by atoms with Crippen molar-refractivity contribution >= 4 is 0 Å². The van der Waals surface area contributed by atoms with Crippen LogP contribution in [-0.2, 0) is 15.7 Å². The van der Waals surface area contributed by atoms with Crippen molar-refractivity contribution in [3.8, 4) is 5.88 Å². The molecule has 1 aliphatic heterocycles. The first-order valence-electron chi connectivity index (χ1n) is 7.86. The summed E-state index contributed by atoms with van der Waals surface area (Å²) in [7, 11) is 0. The second-order valence-corrected chi connectivity index (χ2v) is 6.05. The molecule has 1 aliphatic carbocycles. The maximum absolute atomic E-state index is 12.9. The molecule has 1 atom stereocenters. The maximum atomic E-state index is 12.9. The summed E-state index contributed by atoms with van der Waals surface area (Å²) < 4.78 is 55.5. The Morgan fingerprint density at radius 3 is 2.42 bits per heavy atom. The highest BCUT2D eigenvalue weighted by atomic mass is 19.4. The Morgan fingerprint density at radius 1 is 1.25 bits per heavy atom. The summed E-state index contributed by atoms with van der Waals surface area (Å²) in [5.41, 5.74) is -0.123. The van der Waals surface area contributed by atoms with Crippen LogP contribution in [0, 0.1) is 0 Å². The summed E-state index contributed by atoms with van der Waals surface area (Å²) in [5.74, 6) is -2.05. The number of halogens is 3. The summed E-state index contributed by atoms with van der Waals surface area (Å²) in [6.45, 7) is 2.46. The Morgan fingerprint density at radius 2 is 1.88 bits per heavy atom. The molecule has 6 nitrogen and oxygen atoms in total. The van der Waals surface area contributed by atoms with Crippen molar-refractivity contribution in [2.75, 3.05) is 13.2 Å². The molecule has 0 amide bonds. The van der Waals surface area contributed by atoms with E-state index in [2.05, 4.69) is 9.97 Å². The molecule has 1 saturated carbocycles. The lowest BCUT2D eigenvalue weighted by Gasteiger charge is -2.35. The first kappa shape index (κ1) is 17.4. The second kappa shape index (κ2) is 6.45. The van der Waals surface area contributed by atoms with Gasteiger partial charge in [-0.15, -0.1) is 0 Å². The number of rotatable bonds is 3. The Balaban J connectivity index is 1.71. The monoisotopic (exact) mass is 348 g/mol. The number of hydrogen-bond donors (Lipinski definition) is 1. The molecule has 24 heavy (non-hydrogen) atoms. The Hall–Kier alpha value is -1.45. The number of nitrogens with zero attached hydrogens (tertiary/aromatic N) is 2. The van der Waals surface area contributed by atoms with Crippen LogP contribution < -0.4 is 4.74 Å². The van der Waals surface area contributed by atoms with Crippen molar-refractivity contribution in [1.29, 1.82) is 0 Å². The second-order valence-electron chi connectivity index (χ2n) is 6.05. The van der Waals surface area contributed by atoms with E-state index in [-0.39, 0.29) is 17.7 Å². The van der Waals surface area contributed by atoms with E-state index in [4.69, 9.17) is 14.2 Å². The van der Waals surface area contributed by atoms with Crippen molar-refractivity contribution in [2.45, 2.75) is 56.8 Å². The standard InChI is InChI=1S/C15H19F3N2O4/c1-9(21)11-8-12(20-13(19-11)15(16,17)18)24-10-2-4-14(5-3-10)22-6-7-23-14/h8-10,21H,2-7H2,1H3/t9-/m1/s1. The van der Waals surface area contributed by atoms with Gasteiger partial charge >= 0.3 is 6.18 Å². The van der Waals surface area contributed by atoms with Gasteiger partial charge in [-0.3, -0.25) is 0 Å². The van der Waals surface area contributed by atoms with Crippen molar-refractivity contribution in [2.24, 2.45) is 0 Å². The number of aromatic nitrogens is 2. The molecule has 0 bridgehead atoms. The molecule has 1 aromatic heterocycles. The minimum absolute atomic E-state index is 0.123. The minimum Gasteiger partial charge on any atom is -0.474 e. The number of alkyl halides is 3. The highest BCUT2D eigenvalue weighted by molar-refractivity contribution is 5.19. The van der Waals surface area contributed by atoms with E-state index in [1.807, 2.05) is 0 Å². The quantitative estimate of drug-likeness (QED) is 0.905. The van der Waals surface area contributed by atoms with Gasteiger partial charge in [-0.2, -0.15) is 18.2 Å². The van der Waals surface area contributed by atoms with E-state index >= 15 is 0 Å². The van der Waals surface area contributed by atoms with Crippen LogP contribution in [0.3, 0.4) is 0 Å². The molecule has 0 unspecified atom stereocenters. The predicted molar refractivity (Wildman–Crippen MR) is 75.2 cm³/mol. The fourth-order valence-electron chi connectivity index (χ4n) is 2.95. The SMILES string of the molecule is C[C@@H](O)c1cc(OC2CCC3(CC2)OCCO3)nc(C(F)(F)F)n1. The highest BCUT2D eigenvalue weighted by Crippen LogP contribution is 2.37. The average Bonchev–Trinajstić information content (AvgIpc) is 2.97. The van der Waals surface area contributed by atoms with E-state index in [0.717, 1.165) is 0 Å². The van der Waals surface area contributed by atoms with Gasteiger partial charge in [0.05, 0.1) is 25.0 Å². The normalized spacial score (nSPS) is 22.7. The molecule has 2 heterocycles. The van der Waals surface area contributed by atoms with Crippen LogP contribution in [0.4, 0.5) is 13.2 Å². The molecule has 9 heteroatoms. The van der Waals surface area contributed by atoms with Crippen LogP contribution in [-0.4, -0.2) is 40.2 Å². The molecular weight excluding hydrogens is 329 g/mol. The Kier molecular flexibility index (Phi) is 4.67. The summed E-state index contributed by atoms with van der Waals surface area (Å²) in [6.07, 6.45) is -3.70. The van der Waals surface area contributed by atoms with E-state index in [1.54, 1.807) is 0 Å². The summed E-state index contributed by atoms with van der Waals surface area (Å²) in [4.78, 5) is 6.79. The zero-order valence-electron chi connectivity index (χ0n) is 13.2. The molecule has 2 fully saturated rings. The molecule has 0 radical (unpaired) electrons. The lowest BCUT2D eigenvalue weighted by atomic mass is 9.92. The van der Waals surface area contributed by atoms with Crippen molar-refractivity contribution < 1.29 is 32.5 Å². The summed E-state index contributed by atoms with van der Waals surface area (Å²) in [6, 6.07) is 1.24. The number of ether oxygens (including phenoxy) is 3. The Bertz CT molecular complexity index is 579. The minimum atomic E-state index is -4.70. The van der Waals surface area contributed by atoms with Gasteiger partial charge in [-0.25, -0.2) is 4.98 Å². The number of aliphatic hydroxyl groups excluding tert-OH is 1. The van der Waals surface area contributed by atoms with Crippen molar-refractivity contribution in [3.63, 3.8) is 0 Å². The van der Waals surface area contributed by atoms with Crippen LogP contribution >= 0.6 is 0 Å². The smallest absolute Gasteiger partial charge is 0.451 e. The first-order valence-corrected chi connectivity index (χ1v) is 7.86. The Labute approximate surface area is 137 Å². The lowest BCUT2D eigenvalue weighted by molar-refractivity contribution is -0.186. The molecule has 0 aromatic carbocycles. The van der Waals surface area contributed by atoms with Gasteiger partial charge in [0.25, 0.3) is 0 Å². The lowest BCUT2D eigenvalue weighted by Crippen LogP contribution is -2.38. The third kappa shape index (κ3) is 3.79. The number of hydrogen-bond acceptors (Lipinski definition) is 6. The van der Waals surface area contributed by atoms with Gasteiger partial charge in [-0.1, -0.05) is 0 Å². The van der Waals surface area contributed by atoms with Crippen molar-refractivity contribution in [1.82, 2.24) is 9.97 Å².